The summed E-state index contributed by atoms with van der Waals surface area (Å²) in [5.41, 5.74) is 5.64. The molecule has 4 rings (SSSR count). The van der Waals surface area contributed by atoms with E-state index in [0.29, 0.717) is 25.1 Å². The Kier molecular flexibility index (Phi) is 6.60. The Balaban J connectivity index is 1.48. The Hall–Kier alpha value is -3.45. The summed E-state index contributed by atoms with van der Waals surface area (Å²) in [7, 11) is 1.41. The third-order valence-corrected chi connectivity index (χ3v) is 6.04. The molecular formula is C26H30N4O3. The smallest absolute Gasteiger partial charge is 0.323 e. The maximum Gasteiger partial charge on any atom is 0.323 e. The molecule has 2 heterocycles. The first-order valence-electron chi connectivity index (χ1n) is 11.2. The van der Waals surface area contributed by atoms with Crippen LogP contribution in [0.2, 0.25) is 0 Å². The van der Waals surface area contributed by atoms with Crippen LogP contribution < -0.4 is 5.32 Å². The van der Waals surface area contributed by atoms with Crippen LogP contribution in [0.5, 0.6) is 0 Å². The van der Waals surface area contributed by atoms with Crippen molar-refractivity contribution in [3.63, 3.8) is 0 Å². The highest BCUT2D eigenvalue weighted by atomic mass is 16.5. The highest BCUT2D eigenvalue weighted by Gasteiger charge is 2.38. The lowest BCUT2D eigenvalue weighted by atomic mass is 10.1. The van der Waals surface area contributed by atoms with Gasteiger partial charge in [0.25, 0.3) is 5.91 Å². The van der Waals surface area contributed by atoms with Gasteiger partial charge in [-0.3, -0.25) is 14.5 Å². The van der Waals surface area contributed by atoms with E-state index in [1.165, 1.54) is 12.7 Å². The molecular weight excluding hydrogens is 416 g/mol. The van der Waals surface area contributed by atoms with E-state index in [1.807, 2.05) is 48.9 Å². The van der Waals surface area contributed by atoms with Crippen molar-refractivity contribution in [1.82, 2.24) is 20.0 Å². The number of hydrogen-bond acceptors (Lipinski definition) is 5. The number of aromatic nitrogens is 2. The van der Waals surface area contributed by atoms with Gasteiger partial charge in [0.05, 0.1) is 18.5 Å². The molecule has 7 nitrogen and oxygen atoms in total. The monoisotopic (exact) mass is 446 g/mol. The van der Waals surface area contributed by atoms with Crippen molar-refractivity contribution < 1.29 is 14.3 Å². The number of aryl methyl sites for hydroxylation is 3. The van der Waals surface area contributed by atoms with Gasteiger partial charge in [-0.1, -0.05) is 35.9 Å². The summed E-state index contributed by atoms with van der Waals surface area (Å²) in [5.74, 6) is -0.435. The fourth-order valence-corrected chi connectivity index (χ4v) is 4.55. The number of ether oxygens (including phenoxy) is 1. The topological polar surface area (TPSA) is 76.5 Å². The molecule has 0 spiro atoms. The van der Waals surface area contributed by atoms with Gasteiger partial charge in [0, 0.05) is 30.4 Å². The molecule has 1 aliphatic rings. The SMILES string of the molecule is COC(=O)[C@@H]1C[C@@H](NC(=O)c2cccc(-n3nc(C)cc3C)c2)CN1Cc1cccc(C)c1. The minimum absolute atomic E-state index is 0.149. The molecule has 2 atom stereocenters. The van der Waals surface area contributed by atoms with Gasteiger partial charge in [0.15, 0.2) is 0 Å². The van der Waals surface area contributed by atoms with Gasteiger partial charge in [-0.05, 0) is 57.0 Å². The number of carbonyl (C=O) groups excluding carboxylic acids is 2. The summed E-state index contributed by atoms with van der Waals surface area (Å²) in [5, 5.41) is 7.62. The summed E-state index contributed by atoms with van der Waals surface area (Å²) >= 11 is 0. The number of nitrogens with one attached hydrogen (secondary N) is 1. The highest BCUT2D eigenvalue weighted by Crippen LogP contribution is 2.23. The fourth-order valence-electron chi connectivity index (χ4n) is 4.55. The van der Waals surface area contributed by atoms with Crippen LogP contribution in [-0.4, -0.2) is 52.3 Å². The second-order valence-electron chi connectivity index (χ2n) is 8.75. The molecule has 1 aromatic heterocycles. The van der Waals surface area contributed by atoms with Gasteiger partial charge in [-0.15, -0.1) is 0 Å². The number of esters is 1. The van der Waals surface area contributed by atoms with Crippen LogP contribution in [0.3, 0.4) is 0 Å². The first-order valence-corrected chi connectivity index (χ1v) is 11.2. The van der Waals surface area contributed by atoms with E-state index < -0.39 is 0 Å². The minimum Gasteiger partial charge on any atom is -0.468 e. The summed E-state index contributed by atoms with van der Waals surface area (Å²) in [4.78, 5) is 27.6. The van der Waals surface area contributed by atoms with Crippen LogP contribution >= 0.6 is 0 Å². The van der Waals surface area contributed by atoms with Gasteiger partial charge in [-0.25, -0.2) is 4.68 Å². The van der Waals surface area contributed by atoms with Crippen molar-refractivity contribution in [2.45, 2.75) is 45.8 Å². The first kappa shape index (κ1) is 22.7. The van der Waals surface area contributed by atoms with Crippen molar-refractivity contribution >= 4 is 11.9 Å². The fraction of sp³-hybridized carbons (Fsp3) is 0.346. The predicted octanol–water partition coefficient (Wildman–Crippen LogP) is 3.34. The summed E-state index contributed by atoms with van der Waals surface area (Å²) in [6.07, 6.45) is 0.515. The lowest BCUT2D eigenvalue weighted by molar-refractivity contribution is -0.146. The van der Waals surface area contributed by atoms with E-state index in [9.17, 15) is 9.59 Å². The van der Waals surface area contributed by atoms with E-state index in [1.54, 1.807) is 6.07 Å². The van der Waals surface area contributed by atoms with Crippen molar-refractivity contribution in [2.75, 3.05) is 13.7 Å². The number of amides is 1. The lowest BCUT2D eigenvalue weighted by Crippen LogP contribution is -2.37. The molecule has 1 fully saturated rings. The van der Waals surface area contributed by atoms with Gasteiger partial charge < -0.3 is 10.1 Å². The molecule has 0 saturated carbocycles. The van der Waals surface area contributed by atoms with Crippen molar-refractivity contribution in [1.29, 1.82) is 0 Å². The molecule has 172 valence electrons. The number of likely N-dealkylation sites (tertiary alicyclic amines) is 1. The third-order valence-electron chi connectivity index (χ3n) is 6.04. The Labute approximate surface area is 194 Å². The second kappa shape index (κ2) is 9.58. The third kappa shape index (κ3) is 5.14. The van der Waals surface area contributed by atoms with E-state index in [4.69, 9.17) is 4.74 Å². The largest absolute Gasteiger partial charge is 0.468 e. The first-order chi connectivity index (χ1) is 15.8. The number of methoxy groups -OCH3 is 1. The quantitative estimate of drug-likeness (QED) is 0.588. The maximum atomic E-state index is 13.1. The van der Waals surface area contributed by atoms with Gasteiger partial charge in [0.2, 0.25) is 0 Å². The summed E-state index contributed by atoms with van der Waals surface area (Å²) in [6.45, 7) is 7.19. The number of rotatable bonds is 6. The molecule has 2 aromatic carbocycles. The van der Waals surface area contributed by atoms with E-state index in [-0.39, 0.29) is 24.0 Å². The molecule has 1 saturated heterocycles. The number of benzene rings is 2. The van der Waals surface area contributed by atoms with Gasteiger partial charge >= 0.3 is 5.97 Å². The summed E-state index contributed by atoms with van der Waals surface area (Å²) < 4.78 is 6.87. The molecule has 1 N–H and O–H groups in total. The van der Waals surface area contributed by atoms with Crippen LogP contribution in [0.15, 0.2) is 54.6 Å². The van der Waals surface area contributed by atoms with Gasteiger partial charge in [-0.2, -0.15) is 5.10 Å². The Bertz CT molecular complexity index is 1170. The number of hydrogen-bond donors (Lipinski definition) is 1. The van der Waals surface area contributed by atoms with Crippen LogP contribution in [0.4, 0.5) is 0 Å². The molecule has 33 heavy (non-hydrogen) atoms. The average molecular weight is 447 g/mol. The molecule has 1 amide bonds. The number of carbonyl (C=O) groups is 2. The molecule has 1 aliphatic heterocycles. The molecule has 0 unspecified atom stereocenters. The van der Waals surface area contributed by atoms with E-state index >= 15 is 0 Å². The Morgan fingerprint density at radius 1 is 1.09 bits per heavy atom. The Morgan fingerprint density at radius 3 is 2.58 bits per heavy atom. The number of nitrogens with zero attached hydrogens (tertiary/aromatic N) is 3. The van der Waals surface area contributed by atoms with Gasteiger partial charge in [0.1, 0.15) is 6.04 Å². The molecule has 0 bridgehead atoms. The zero-order valence-electron chi connectivity index (χ0n) is 19.5. The highest BCUT2D eigenvalue weighted by molar-refractivity contribution is 5.95. The second-order valence-corrected chi connectivity index (χ2v) is 8.75. The van der Waals surface area contributed by atoms with E-state index in [2.05, 4.69) is 40.4 Å². The Morgan fingerprint density at radius 2 is 1.88 bits per heavy atom. The van der Waals surface area contributed by atoms with Crippen LogP contribution in [0.25, 0.3) is 5.69 Å². The van der Waals surface area contributed by atoms with Crippen molar-refractivity contribution in [3.05, 3.63) is 82.7 Å². The van der Waals surface area contributed by atoms with Crippen LogP contribution in [-0.2, 0) is 16.1 Å². The molecule has 0 aliphatic carbocycles. The van der Waals surface area contributed by atoms with Crippen LogP contribution in [0, 0.1) is 20.8 Å². The van der Waals surface area contributed by atoms with Crippen molar-refractivity contribution in [2.24, 2.45) is 0 Å². The lowest BCUT2D eigenvalue weighted by Gasteiger charge is -2.22. The average Bonchev–Trinajstić information content (AvgIpc) is 3.34. The maximum absolute atomic E-state index is 13.1. The minimum atomic E-state index is -0.387. The van der Waals surface area contributed by atoms with Crippen molar-refractivity contribution in [3.8, 4) is 5.69 Å². The summed E-state index contributed by atoms with van der Waals surface area (Å²) in [6, 6.07) is 17.1. The predicted molar refractivity (Wildman–Crippen MR) is 126 cm³/mol. The normalized spacial score (nSPS) is 18.3. The zero-order valence-corrected chi connectivity index (χ0v) is 19.5. The standard InChI is InChI=1S/C26H30N4O3/c1-17-7-5-8-20(11-17)15-29-16-22(14-24(29)26(32)33-4)27-25(31)21-9-6-10-23(13-21)30-19(3)12-18(2)28-30/h5-13,22,24H,14-16H2,1-4H3,(H,27,31)/t22-,24+/m1/s1. The molecule has 7 heteroatoms. The molecule has 3 aromatic rings. The van der Waals surface area contributed by atoms with Crippen LogP contribution in [0.1, 0.15) is 39.3 Å². The van der Waals surface area contributed by atoms with E-state index in [0.717, 1.165) is 22.6 Å². The molecule has 0 radical (unpaired) electrons. The zero-order chi connectivity index (χ0) is 23.5.